The molecule has 2 unspecified atom stereocenters. The molecule has 2 fully saturated rings. The fourth-order valence-corrected chi connectivity index (χ4v) is 5.25. The molecule has 4 amide bonds. The van der Waals surface area contributed by atoms with Gasteiger partial charge >= 0.3 is 12.4 Å². The van der Waals surface area contributed by atoms with E-state index in [0.717, 1.165) is 63.7 Å². The average molecular weight is 870 g/mol. The number of amides is 4. The molecule has 2 heterocycles. The number of ether oxygens (including phenoxy) is 4. The van der Waals surface area contributed by atoms with E-state index in [4.69, 9.17) is 20.9 Å². The summed E-state index contributed by atoms with van der Waals surface area (Å²) in [5, 5.41) is 12.0. The Morgan fingerprint density at radius 3 is 1.30 bits per heavy atom. The SMILES string of the molecule is Cl.Cl.NC(=O)COc1ccc(OCC(F)(F)F)cc1C(=O)NCC1CCCCN1.NC(=O)COc1ccc(OCC(F)(F)F)cc1C(=O)NCC1CCCCN1.O. The highest BCUT2D eigenvalue weighted by Gasteiger charge is 2.30. The first-order valence-electron chi connectivity index (χ1n) is 17.0. The number of nitrogens with one attached hydrogen (secondary N) is 4. The van der Waals surface area contributed by atoms with E-state index in [-0.39, 0.29) is 76.5 Å². The lowest BCUT2D eigenvalue weighted by atomic mass is 10.0. The molecule has 0 saturated carbocycles. The molecule has 2 aliphatic heterocycles. The van der Waals surface area contributed by atoms with Gasteiger partial charge in [-0.2, -0.15) is 26.3 Å². The second kappa shape index (κ2) is 25.7. The maximum Gasteiger partial charge on any atom is 0.422 e. The lowest BCUT2D eigenvalue weighted by Gasteiger charge is -2.23. The predicted octanol–water partition coefficient (Wildman–Crippen LogP) is 2.75. The summed E-state index contributed by atoms with van der Waals surface area (Å²) in [6.07, 6.45) is -2.91. The molecule has 2 aromatic rings. The average Bonchev–Trinajstić information content (AvgIpc) is 3.13. The molecule has 57 heavy (non-hydrogen) atoms. The van der Waals surface area contributed by atoms with Gasteiger partial charge < -0.3 is 57.2 Å². The summed E-state index contributed by atoms with van der Waals surface area (Å²) < 4.78 is 93.7. The van der Waals surface area contributed by atoms with Crippen molar-refractivity contribution in [3.8, 4) is 23.0 Å². The molecule has 2 atom stereocenters. The molecule has 4 rings (SSSR count). The van der Waals surface area contributed by atoms with Gasteiger partial charge in [0.25, 0.3) is 23.6 Å². The van der Waals surface area contributed by atoms with E-state index >= 15 is 0 Å². The van der Waals surface area contributed by atoms with Gasteiger partial charge in [0.2, 0.25) is 0 Å². The maximum atomic E-state index is 12.5. The largest absolute Gasteiger partial charge is 0.484 e. The normalized spacial score (nSPS) is 16.3. The number of hydrogen-bond acceptors (Lipinski definition) is 10. The summed E-state index contributed by atoms with van der Waals surface area (Å²) in [5.41, 5.74) is 9.98. The van der Waals surface area contributed by atoms with Gasteiger partial charge in [-0.15, -0.1) is 24.8 Å². The van der Waals surface area contributed by atoms with Crippen molar-refractivity contribution in [2.24, 2.45) is 11.5 Å². The number of carbonyl (C=O) groups excluding carboxylic acids is 4. The van der Waals surface area contributed by atoms with Gasteiger partial charge in [-0.25, -0.2) is 0 Å². The Balaban J connectivity index is 0.00000105. The van der Waals surface area contributed by atoms with Crippen LogP contribution in [0.1, 0.15) is 59.2 Å². The lowest BCUT2D eigenvalue weighted by Crippen LogP contribution is -2.43. The first kappa shape index (κ1) is 52.6. The molecule has 23 heteroatoms. The van der Waals surface area contributed by atoms with E-state index in [2.05, 4.69) is 30.7 Å². The number of primary amides is 2. The van der Waals surface area contributed by atoms with Crippen molar-refractivity contribution in [2.75, 3.05) is 52.6 Å². The number of alkyl halides is 6. The van der Waals surface area contributed by atoms with E-state index < -0.39 is 62.4 Å². The minimum Gasteiger partial charge on any atom is -0.484 e. The fourth-order valence-electron chi connectivity index (χ4n) is 5.25. The number of carbonyl (C=O) groups is 4. The van der Waals surface area contributed by atoms with Gasteiger partial charge in [-0.3, -0.25) is 19.2 Å². The second-order valence-electron chi connectivity index (χ2n) is 12.3. The Morgan fingerprint density at radius 1 is 0.632 bits per heavy atom. The van der Waals surface area contributed by atoms with E-state index in [9.17, 15) is 45.5 Å². The first-order chi connectivity index (χ1) is 25.5. The van der Waals surface area contributed by atoms with Gasteiger partial charge in [0.1, 0.15) is 23.0 Å². The van der Waals surface area contributed by atoms with E-state index in [1.54, 1.807) is 0 Å². The van der Waals surface area contributed by atoms with Crippen LogP contribution in [0, 0.1) is 0 Å². The van der Waals surface area contributed by atoms with Gasteiger partial charge in [-0.05, 0) is 75.2 Å². The first-order valence-corrected chi connectivity index (χ1v) is 17.0. The van der Waals surface area contributed by atoms with Crippen LogP contribution in [0.4, 0.5) is 26.3 Å². The fraction of sp³-hybridized carbons (Fsp3) is 0.529. The van der Waals surface area contributed by atoms with E-state index in [1.165, 1.54) is 24.3 Å². The topological polar surface area (TPSA) is 237 Å². The molecule has 0 aromatic heterocycles. The van der Waals surface area contributed by atoms with Crippen LogP contribution in [0.2, 0.25) is 0 Å². The summed E-state index contributed by atoms with van der Waals surface area (Å²) in [7, 11) is 0. The molecule has 10 N–H and O–H groups in total. The van der Waals surface area contributed by atoms with Crippen LogP contribution in [0.15, 0.2) is 36.4 Å². The minimum absolute atomic E-state index is 0. The van der Waals surface area contributed by atoms with Crippen LogP contribution in [-0.2, 0) is 9.59 Å². The highest BCUT2D eigenvalue weighted by Crippen LogP contribution is 2.28. The summed E-state index contributed by atoms with van der Waals surface area (Å²) in [6.45, 7) is -1.43. The zero-order valence-corrected chi connectivity index (χ0v) is 32.2. The Hall–Kier alpha value is -4.44. The molecular formula is C34H48Cl2F6N6O9. The Bertz CT molecular complexity index is 1450. The van der Waals surface area contributed by atoms with Gasteiger partial charge in [0.05, 0.1) is 11.1 Å². The van der Waals surface area contributed by atoms with Crippen LogP contribution in [0.3, 0.4) is 0 Å². The smallest absolute Gasteiger partial charge is 0.422 e. The number of piperidine rings is 2. The van der Waals surface area contributed by atoms with Crippen molar-refractivity contribution in [1.82, 2.24) is 21.3 Å². The maximum absolute atomic E-state index is 12.5. The number of hydrogen-bond donors (Lipinski definition) is 6. The quantitative estimate of drug-likeness (QED) is 0.135. The zero-order valence-electron chi connectivity index (χ0n) is 30.5. The molecule has 0 aliphatic carbocycles. The molecular weight excluding hydrogens is 821 g/mol. The van der Waals surface area contributed by atoms with Crippen LogP contribution in [-0.4, -0.2) is 106 Å². The summed E-state index contributed by atoms with van der Waals surface area (Å²) in [4.78, 5) is 46.8. The minimum atomic E-state index is -4.50. The summed E-state index contributed by atoms with van der Waals surface area (Å²) in [5.74, 6) is -2.79. The third-order valence-electron chi connectivity index (χ3n) is 7.78. The van der Waals surface area contributed by atoms with Crippen molar-refractivity contribution in [1.29, 1.82) is 0 Å². The Morgan fingerprint density at radius 2 is 1.00 bits per heavy atom. The predicted molar refractivity (Wildman–Crippen MR) is 199 cm³/mol. The molecule has 0 radical (unpaired) electrons. The summed E-state index contributed by atoms with van der Waals surface area (Å²) in [6, 6.07) is 7.52. The molecule has 324 valence electrons. The third kappa shape index (κ3) is 21.1. The van der Waals surface area contributed by atoms with Crippen molar-refractivity contribution in [3.05, 3.63) is 47.5 Å². The Labute approximate surface area is 336 Å². The third-order valence-corrected chi connectivity index (χ3v) is 7.78. The lowest BCUT2D eigenvalue weighted by molar-refractivity contribution is -0.154. The highest BCUT2D eigenvalue weighted by atomic mass is 35.5. The Kier molecular flexibility index (Phi) is 23.7. The summed E-state index contributed by atoms with van der Waals surface area (Å²) >= 11 is 0. The highest BCUT2D eigenvalue weighted by molar-refractivity contribution is 5.98. The van der Waals surface area contributed by atoms with Gasteiger partial charge in [0.15, 0.2) is 26.4 Å². The standard InChI is InChI=1S/2C17H22F3N3O4.2ClH.H2O/c2*18-17(19,20)10-27-12-4-5-14(26-9-15(21)24)13(7-12)16(25)23-8-11-3-1-2-6-22-11;;;/h2*4-5,7,11,22H,1-3,6,8-10H2,(H2,21,24)(H,23,25);2*1H;1H2. The monoisotopic (exact) mass is 868 g/mol. The molecule has 2 aliphatic rings. The molecule has 2 saturated heterocycles. The zero-order chi connectivity index (χ0) is 39.7. The van der Waals surface area contributed by atoms with Crippen LogP contribution in [0.25, 0.3) is 0 Å². The number of rotatable bonds is 16. The number of halogens is 8. The van der Waals surface area contributed by atoms with Crippen LogP contribution >= 0.6 is 24.8 Å². The van der Waals surface area contributed by atoms with Crippen molar-refractivity contribution in [2.45, 2.75) is 63.0 Å². The van der Waals surface area contributed by atoms with Gasteiger partial charge in [0, 0.05) is 25.2 Å². The number of nitrogens with two attached hydrogens (primary N) is 2. The molecule has 2 aromatic carbocycles. The molecule has 0 bridgehead atoms. The van der Waals surface area contributed by atoms with Gasteiger partial charge in [-0.1, -0.05) is 12.8 Å². The number of benzene rings is 2. The van der Waals surface area contributed by atoms with E-state index in [1.807, 2.05) is 0 Å². The molecule has 0 spiro atoms. The van der Waals surface area contributed by atoms with Crippen LogP contribution < -0.4 is 51.7 Å². The van der Waals surface area contributed by atoms with Crippen molar-refractivity contribution in [3.63, 3.8) is 0 Å². The second-order valence-corrected chi connectivity index (χ2v) is 12.3. The van der Waals surface area contributed by atoms with E-state index in [0.29, 0.717) is 13.1 Å². The van der Waals surface area contributed by atoms with Crippen molar-refractivity contribution < 1.29 is 69.9 Å². The van der Waals surface area contributed by atoms with Crippen molar-refractivity contribution >= 4 is 48.4 Å². The molecule has 15 nitrogen and oxygen atoms in total. The van der Waals surface area contributed by atoms with Crippen LogP contribution in [0.5, 0.6) is 23.0 Å².